The van der Waals surface area contributed by atoms with Gasteiger partial charge in [0.2, 0.25) is 5.88 Å². The lowest BCUT2D eigenvalue weighted by molar-refractivity contribution is -0.0520. The predicted octanol–water partition coefficient (Wildman–Crippen LogP) is 3.57. The summed E-state index contributed by atoms with van der Waals surface area (Å²) in [6.07, 6.45) is 1.65. The molecule has 0 aliphatic rings. The van der Waals surface area contributed by atoms with Crippen LogP contribution >= 0.6 is 24.0 Å². The number of halogens is 3. The molecule has 0 saturated heterocycles. The molecule has 0 spiro atoms. The van der Waals surface area contributed by atoms with E-state index in [2.05, 4.69) is 25.3 Å². The smallest absolute Gasteiger partial charge is 0.387 e. The molecule has 29 heavy (non-hydrogen) atoms. The Morgan fingerprint density at radius 2 is 1.97 bits per heavy atom. The van der Waals surface area contributed by atoms with Crippen LogP contribution in [0.2, 0.25) is 0 Å². The average molecular weight is 522 g/mol. The molecule has 0 amide bonds. The topological polar surface area (TPSA) is 77.0 Å². The number of aromatic nitrogens is 1. The van der Waals surface area contributed by atoms with E-state index in [0.29, 0.717) is 30.6 Å². The maximum Gasteiger partial charge on any atom is 0.387 e. The van der Waals surface area contributed by atoms with E-state index >= 15 is 0 Å². The Morgan fingerprint density at radius 1 is 1.21 bits per heavy atom. The molecule has 7 nitrogen and oxygen atoms in total. The van der Waals surface area contributed by atoms with Gasteiger partial charge in [0, 0.05) is 38.0 Å². The summed E-state index contributed by atoms with van der Waals surface area (Å²) in [6, 6.07) is 8.66. The molecule has 2 N–H and O–H groups in total. The molecule has 1 aromatic heterocycles. The molecule has 0 aliphatic carbocycles. The Bertz CT molecular complexity index is 794. The van der Waals surface area contributed by atoms with E-state index in [-0.39, 0.29) is 42.0 Å². The molecular weight excluding hydrogens is 497 g/mol. The van der Waals surface area contributed by atoms with E-state index in [1.165, 1.54) is 0 Å². The molecule has 1 aromatic carbocycles. The van der Waals surface area contributed by atoms with Gasteiger partial charge in [0.1, 0.15) is 0 Å². The molecule has 0 aliphatic heterocycles. The van der Waals surface area contributed by atoms with Gasteiger partial charge in [0.05, 0.1) is 13.7 Å². The third-order valence-electron chi connectivity index (χ3n) is 3.71. The third kappa shape index (κ3) is 7.87. The van der Waals surface area contributed by atoms with E-state index in [0.717, 1.165) is 5.56 Å². The Labute approximate surface area is 185 Å². The summed E-state index contributed by atoms with van der Waals surface area (Å²) in [5.41, 5.74) is 1.48. The van der Waals surface area contributed by atoms with Crippen LogP contribution in [0.4, 0.5) is 8.78 Å². The minimum atomic E-state index is -2.94. The first-order valence-corrected chi connectivity index (χ1v) is 8.70. The number of para-hydroxylation sites is 1. The Kier molecular flexibility index (Phi) is 11.0. The van der Waals surface area contributed by atoms with Crippen LogP contribution < -0.4 is 24.8 Å². The minimum absolute atomic E-state index is 0. The number of methoxy groups -OCH3 is 1. The van der Waals surface area contributed by atoms with E-state index in [1.54, 1.807) is 51.5 Å². The summed E-state index contributed by atoms with van der Waals surface area (Å²) in [5.74, 6) is 1.31. The van der Waals surface area contributed by atoms with Crippen LogP contribution in [0.3, 0.4) is 0 Å². The second-order valence-corrected chi connectivity index (χ2v) is 5.54. The molecule has 1 heterocycles. The van der Waals surface area contributed by atoms with Crippen molar-refractivity contribution in [3.8, 4) is 17.4 Å². The molecule has 0 unspecified atom stereocenters. The van der Waals surface area contributed by atoms with E-state index in [9.17, 15) is 8.78 Å². The molecular formula is C19H25F2IN4O3. The Balaban J connectivity index is 0.00000420. The number of ether oxygens (including phenoxy) is 3. The number of hydrogen-bond acceptors (Lipinski definition) is 5. The van der Waals surface area contributed by atoms with Crippen molar-refractivity contribution in [2.75, 3.05) is 20.8 Å². The first kappa shape index (κ1) is 24.7. The zero-order chi connectivity index (χ0) is 20.4. The third-order valence-corrected chi connectivity index (χ3v) is 3.71. The normalized spacial score (nSPS) is 10.9. The van der Waals surface area contributed by atoms with Crippen LogP contribution in [-0.4, -0.2) is 38.3 Å². The fraction of sp³-hybridized carbons (Fsp3) is 0.368. The van der Waals surface area contributed by atoms with Gasteiger partial charge in [-0.2, -0.15) is 8.78 Å². The van der Waals surface area contributed by atoms with Crippen LogP contribution in [0.25, 0.3) is 0 Å². The SMILES string of the molecule is CCOc1cccc(CNC(=NC)NCc2ccnc(OC)c2)c1OC(F)F.I. The van der Waals surface area contributed by atoms with E-state index < -0.39 is 6.61 Å². The monoisotopic (exact) mass is 522 g/mol. The molecule has 160 valence electrons. The van der Waals surface area contributed by atoms with Crippen LogP contribution in [0.5, 0.6) is 17.4 Å². The van der Waals surface area contributed by atoms with Crippen molar-refractivity contribution in [3.05, 3.63) is 47.7 Å². The lowest BCUT2D eigenvalue weighted by Gasteiger charge is -2.17. The largest absolute Gasteiger partial charge is 0.490 e. The van der Waals surface area contributed by atoms with Gasteiger partial charge in [-0.15, -0.1) is 24.0 Å². The van der Waals surface area contributed by atoms with Crippen LogP contribution in [-0.2, 0) is 13.1 Å². The highest BCUT2D eigenvalue weighted by molar-refractivity contribution is 14.0. The molecule has 0 atom stereocenters. The van der Waals surface area contributed by atoms with E-state index in [1.807, 2.05) is 6.07 Å². The standard InChI is InChI=1S/C19H24F2N4O3.HI/c1-4-27-15-7-5-6-14(17(15)28-18(20)21)12-25-19(22-2)24-11-13-8-9-23-16(10-13)26-3;/h5-10,18H,4,11-12H2,1-3H3,(H2,22,24,25);1H. The zero-order valence-electron chi connectivity index (χ0n) is 16.4. The average Bonchev–Trinajstić information content (AvgIpc) is 2.70. The second kappa shape index (κ2) is 13.0. The fourth-order valence-corrected chi connectivity index (χ4v) is 2.45. The first-order chi connectivity index (χ1) is 13.6. The van der Waals surface area contributed by atoms with Crippen molar-refractivity contribution in [2.45, 2.75) is 26.6 Å². The van der Waals surface area contributed by atoms with Crippen LogP contribution in [0.15, 0.2) is 41.5 Å². The number of benzene rings is 1. The number of guanidine groups is 1. The van der Waals surface area contributed by atoms with Gasteiger partial charge < -0.3 is 24.8 Å². The highest BCUT2D eigenvalue weighted by Crippen LogP contribution is 2.32. The van der Waals surface area contributed by atoms with Crippen molar-refractivity contribution >= 4 is 29.9 Å². The second-order valence-electron chi connectivity index (χ2n) is 5.54. The number of nitrogens with one attached hydrogen (secondary N) is 2. The van der Waals surface area contributed by atoms with Gasteiger partial charge >= 0.3 is 6.61 Å². The molecule has 10 heteroatoms. The quantitative estimate of drug-likeness (QED) is 0.298. The summed E-state index contributed by atoms with van der Waals surface area (Å²) in [7, 11) is 3.17. The summed E-state index contributed by atoms with van der Waals surface area (Å²) >= 11 is 0. The Morgan fingerprint density at radius 3 is 2.62 bits per heavy atom. The maximum absolute atomic E-state index is 12.8. The maximum atomic E-state index is 12.8. The molecule has 2 rings (SSSR count). The van der Waals surface area contributed by atoms with Gasteiger partial charge in [-0.05, 0) is 24.6 Å². The molecule has 0 bridgehead atoms. The number of rotatable bonds is 9. The Hall–Kier alpha value is -2.37. The van der Waals surface area contributed by atoms with Crippen molar-refractivity contribution in [1.82, 2.24) is 15.6 Å². The van der Waals surface area contributed by atoms with Crippen molar-refractivity contribution in [2.24, 2.45) is 4.99 Å². The number of hydrogen-bond donors (Lipinski definition) is 2. The van der Waals surface area contributed by atoms with Crippen LogP contribution in [0, 0.1) is 0 Å². The van der Waals surface area contributed by atoms with Gasteiger partial charge in [0.25, 0.3) is 0 Å². The molecule has 0 fully saturated rings. The molecule has 0 saturated carbocycles. The lowest BCUT2D eigenvalue weighted by Crippen LogP contribution is -2.36. The van der Waals surface area contributed by atoms with Crippen molar-refractivity contribution < 1.29 is 23.0 Å². The zero-order valence-corrected chi connectivity index (χ0v) is 18.8. The minimum Gasteiger partial charge on any atom is -0.490 e. The number of alkyl halides is 2. The first-order valence-electron chi connectivity index (χ1n) is 8.70. The highest BCUT2D eigenvalue weighted by Gasteiger charge is 2.16. The van der Waals surface area contributed by atoms with Gasteiger partial charge in [-0.25, -0.2) is 4.98 Å². The van der Waals surface area contributed by atoms with Crippen molar-refractivity contribution in [3.63, 3.8) is 0 Å². The number of aliphatic imine (C=N–C) groups is 1. The van der Waals surface area contributed by atoms with Crippen LogP contribution in [0.1, 0.15) is 18.1 Å². The molecule has 2 aromatic rings. The van der Waals surface area contributed by atoms with Crippen molar-refractivity contribution in [1.29, 1.82) is 0 Å². The van der Waals surface area contributed by atoms with Gasteiger partial charge in [-0.3, -0.25) is 4.99 Å². The lowest BCUT2D eigenvalue weighted by atomic mass is 10.2. The number of nitrogens with zero attached hydrogens (tertiary/aromatic N) is 2. The summed E-state index contributed by atoms with van der Waals surface area (Å²) in [4.78, 5) is 8.19. The highest BCUT2D eigenvalue weighted by atomic mass is 127. The van der Waals surface area contributed by atoms with E-state index in [4.69, 9.17) is 9.47 Å². The fourth-order valence-electron chi connectivity index (χ4n) is 2.45. The molecule has 0 radical (unpaired) electrons. The van der Waals surface area contributed by atoms with Gasteiger partial charge in [0.15, 0.2) is 17.5 Å². The van der Waals surface area contributed by atoms with Gasteiger partial charge in [-0.1, -0.05) is 12.1 Å². The summed E-state index contributed by atoms with van der Waals surface area (Å²) < 4.78 is 40.8. The summed E-state index contributed by atoms with van der Waals surface area (Å²) in [6.45, 7) is -0.119. The number of pyridine rings is 1. The predicted molar refractivity (Wildman–Crippen MR) is 117 cm³/mol. The summed E-state index contributed by atoms with van der Waals surface area (Å²) in [5, 5.41) is 6.22.